The fraction of sp³-hybridized carbons (Fsp3) is 0.417. The van der Waals surface area contributed by atoms with E-state index >= 15 is 0 Å². The molecule has 0 aromatic heterocycles. The molecule has 5 nitrogen and oxygen atoms in total. The summed E-state index contributed by atoms with van der Waals surface area (Å²) in [5.41, 5.74) is 0.518. The van der Waals surface area contributed by atoms with Crippen LogP contribution in [0.15, 0.2) is 18.2 Å². The lowest BCUT2D eigenvalue weighted by Gasteiger charge is -2.21. The van der Waals surface area contributed by atoms with E-state index in [2.05, 4.69) is 0 Å². The highest BCUT2D eigenvalue weighted by Crippen LogP contribution is 2.34. The summed E-state index contributed by atoms with van der Waals surface area (Å²) in [6.07, 6.45) is -1.05. The molecule has 0 aliphatic carbocycles. The summed E-state index contributed by atoms with van der Waals surface area (Å²) in [6.45, 7) is 2.42. The SMILES string of the molecule is CC(C(=O)O)C(O)c1ccc2c(c1)OCCO2. The third-order valence-electron chi connectivity index (χ3n) is 2.77. The normalized spacial score (nSPS) is 17.3. The first-order chi connectivity index (χ1) is 8.09. The molecule has 0 saturated heterocycles. The molecule has 2 unspecified atom stereocenters. The average molecular weight is 238 g/mol. The fourth-order valence-corrected chi connectivity index (χ4v) is 1.67. The van der Waals surface area contributed by atoms with Crippen LogP contribution in [0.5, 0.6) is 11.5 Å². The van der Waals surface area contributed by atoms with E-state index in [0.29, 0.717) is 30.3 Å². The molecule has 1 aromatic carbocycles. The van der Waals surface area contributed by atoms with Gasteiger partial charge in [-0.15, -0.1) is 0 Å². The smallest absolute Gasteiger partial charge is 0.309 e. The minimum atomic E-state index is -1.05. The van der Waals surface area contributed by atoms with Crippen LogP contribution in [0.1, 0.15) is 18.6 Å². The molecule has 0 bridgehead atoms. The Hall–Kier alpha value is -1.75. The summed E-state index contributed by atoms with van der Waals surface area (Å²) in [6, 6.07) is 4.96. The summed E-state index contributed by atoms with van der Waals surface area (Å²) in [7, 11) is 0. The molecule has 0 radical (unpaired) electrons. The zero-order valence-corrected chi connectivity index (χ0v) is 9.42. The van der Waals surface area contributed by atoms with Gasteiger partial charge < -0.3 is 19.7 Å². The van der Waals surface area contributed by atoms with Crippen molar-refractivity contribution in [3.63, 3.8) is 0 Å². The van der Waals surface area contributed by atoms with E-state index in [9.17, 15) is 9.90 Å². The second-order valence-corrected chi connectivity index (χ2v) is 3.97. The van der Waals surface area contributed by atoms with Gasteiger partial charge in [0.05, 0.1) is 12.0 Å². The van der Waals surface area contributed by atoms with Gasteiger partial charge in [0.1, 0.15) is 13.2 Å². The van der Waals surface area contributed by atoms with Gasteiger partial charge in [-0.05, 0) is 24.6 Å². The first-order valence-corrected chi connectivity index (χ1v) is 5.40. The number of aliphatic hydroxyl groups is 1. The van der Waals surface area contributed by atoms with Crippen LogP contribution in [0.4, 0.5) is 0 Å². The Morgan fingerprint density at radius 2 is 1.94 bits per heavy atom. The van der Waals surface area contributed by atoms with Gasteiger partial charge in [-0.2, -0.15) is 0 Å². The highest BCUT2D eigenvalue weighted by Gasteiger charge is 2.24. The Morgan fingerprint density at radius 3 is 2.59 bits per heavy atom. The standard InChI is InChI=1S/C12H14O5/c1-7(12(14)15)11(13)8-2-3-9-10(6-8)17-5-4-16-9/h2-3,6-7,11,13H,4-5H2,1H3,(H,14,15). The molecule has 1 aliphatic heterocycles. The van der Waals surface area contributed by atoms with Gasteiger partial charge in [0.25, 0.3) is 0 Å². The molecular weight excluding hydrogens is 224 g/mol. The minimum absolute atomic E-state index is 0.459. The molecule has 17 heavy (non-hydrogen) atoms. The maximum absolute atomic E-state index is 10.8. The Bertz CT molecular complexity index is 429. The Kier molecular flexibility index (Phi) is 3.19. The molecule has 2 rings (SSSR count). The molecule has 1 aromatic rings. The molecule has 0 spiro atoms. The maximum atomic E-state index is 10.8. The second kappa shape index (κ2) is 4.63. The van der Waals surface area contributed by atoms with Gasteiger partial charge in [-0.1, -0.05) is 6.07 Å². The van der Waals surface area contributed by atoms with E-state index in [0.717, 1.165) is 0 Å². The maximum Gasteiger partial charge on any atom is 0.309 e. The summed E-state index contributed by atoms with van der Waals surface area (Å²) in [4.78, 5) is 10.8. The van der Waals surface area contributed by atoms with Crippen molar-refractivity contribution in [3.05, 3.63) is 23.8 Å². The number of rotatable bonds is 3. The Labute approximate surface area is 98.6 Å². The molecule has 0 amide bonds. The molecule has 1 aliphatic rings. The number of fused-ring (bicyclic) bond motifs is 1. The van der Waals surface area contributed by atoms with E-state index in [-0.39, 0.29) is 0 Å². The number of benzene rings is 1. The van der Waals surface area contributed by atoms with Crippen LogP contribution < -0.4 is 9.47 Å². The average Bonchev–Trinajstić information content (AvgIpc) is 2.36. The van der Waals surface area contributed by atoms with Crippen LogP contribution in [-0.4, -0.2) is 29.4 Å². The van der Waals surface area contributed by atoms with Gasteiger partial charge in [0.15, 0.2) is 11.5 Å². The van der Waals surface area contributed by atoms with Crippen molar-refractivity contribution in [1.82, 2.24) is 0 Å². The first kappa shape index (κ1) is 11.7. The fourth-order valence-electron chi connectivity index (χ4n) is 1.67. The molecule has 92 valence electrons. The number of ether oxygens (including phenoxy) is 2. The molecule has 2 N–H and O–H groups in total. The third kappa shape index (κ3) is 2.34. The van der Waals surface area contributed by atoms with Gasteiger partial charge >= 0.3 is 5.97 Å². The highest BCUT2D eigenvalue weighted by atomic mass is 16.6. The van der Waals surface area contributed by atoms with Crippen molar-refractivity contribution < 1.29 is 24.5 Å². The third-order valence-corrected chi connectivity index (χ3v) is 2.77. The van der Waals surface area contributed by atoms with Gasteiger partial charge in [0, 0.05) is 0 Å². The lowest BCUT2D eigenvalue weighted by atomic mass is 9.97. The zero-order chi connectivity index (χ0) is 12.4. The number of carbonyl (C=O) groups is 1. The van der Waals surface area contributed by atoms with Crippen LogP contribution in [0.25, 0.3) is 0 Å². The summed E-state index contributed by atoms with van der Waals surface area (Å²) in [5.74, 6) is -0.731. The quantitative estimate of drug-likeness (QED) is 0.827. The van der Waals surface area contributed by atoms with E-state index in [4.69, 9.17) is 14.6 Å². The topological polar surface area (TPSA) is 76.0 Å². The van der Waals surface area contributed by atoms with Crippen LogP contribution >= 0.6 is 0 Å². The monoisotopic (exact) mass is 238 g/mol. The largest absolute Gasteiger partial charge is 0.486 e. The number of hydrogen-bond acceptors (Lipinski definition) is 4. The first-order valence-electron chi connectivity index (χ1n) is 5.40. The molecule has 0 fully saturated rings. The van der Waals surface area contributed by atoms with Gasteiger partial charge in [-0.25, -0.2) is 0 Å². The van der Waals surface area contributed by atoms with Crippen molar-refractivity contribution in [3.8, 4) is 11.5 Å². The second-order valence-electron chi connectivity index (χ2n) is 3.97. The molecule has 1 heterocycles. The molecule has 5 heteroatoms. The number of aliphatic hydroxyl groups excluding tert-OH is 1. The minimum Gasteiger partial charge on any atom is -0.486 e. The lowest BCUT2D eigenvalue weighted by molar-refractivity contribution is -0.145. The van der Waals surface area contributed by atoms with Crippen LogP contribution in [0.3, 0.4) is 0 Å². The summed E-state index contributed by atoms with van der Waals surface area (Å²) in [5, 5.41) is 18.7. The van der Waals surface area contributed by atoms with Crippen LogP contribution in [0, 0.1) is 5.92 Å². The number of carboxylic acid groups (broad SMARTS) is 1. The molecule has 0 saturated carbocycles. The van der Waals surface area contributed by atoms with E-state index in [1.54, 1.807) is 18.2 Å². The molecular formula is C12H14O5. The van der Waals surface area contributed by atoms with E-state index in [1.807, 2.05) is 0 Å². The van der Waals surface area contributed by atoms with Crippen LogP contribution in [0.2, 0.25) is 0 Å². The number of aliphatic carboxylic acids is 1. The summed E-state index contributed by atoms with van der Waals surface area (Å²) >= 11 is 0. The predicted molar refractivity (Wildman–Crippen MR) is 59.2 cm³/mol. The van der Waals surface area contributed by atoms with Crippen LogP contribution in [-0.2, 0) is 4.79 Å². The molecule has 2 atom stereocenters. The van der Waals surface area contributed by atoms with Crippen molar-refractivity contribution in [2.75, 3.05) is 13.2 Å². The van der Waals surface area contributed by atoms with E-state index in [1.165, 1.54) is 6.92 Å². The van der Waals surface area contributed by atoms with Gasteiger partial charge in [0.2, 0.25) is 0 Å². The van der Waals surface area contributed by atoms with Crippen molar-refractivity contribution in [2.24, 2.45) is 5.92 Å². The van der Waals surface area contributed by atoms with Crippen molar-refractivity contribution in [1.29, 1.82) is 0 Å². The number of hydrogen-bond donors (Lipinski definition) is 2. The lowest BCUT2D eigenvalue weighted by Crippen LogP contribution is -2.19. The van der Waals surface area contributed by atoms with E-state index < -0.39 is 18.0 Å². The zero-order valence-electron chi connectivity index (χ0n) is 9.42. The van der Waals surface area contributed by atoms with Crippen molar-refractivity contribution >= 4 is 5.97 Å². The van der Waals surface area contributed by atoms with Crippen molar-refractivity contribution in [2.45, 2.75) is 13.0 Å². The highest BCUT2D eigenvalue weighted by molar-refractivity contribution is 5.70. The predicted octanol–water partition coefficient (Wildman–Crippen LogP) is 1.21. The van der Waals surface area contributed by atoms with Gasteiger partial charge in [-0.3, -0.25) is 4.79 Å². The number of carboxylic acids is 1. The Morgan fingerprint density at radius 1 is 1.29 bits per heavy atom. The Balaban J connectivity index is 2.24. The summed E-state index contributed by atoms with van der Waals surface area (Å²) < 4.78 is 10.7.